The van der Waals surface area contributed by atoms with Crippen LogP contribution in [0.15, 0.2) is 41.3 Å². The number of hydrogen-bond donors (Lipinski definition) is 4. The number of halogens is 1. The third-order valence-corrected chi connectivity index (χ3v) is 4.62. The van der Waals surface area contributed by atoms with Crippen LogP contribution in [-0.4, -0.2) is 32.4 Å². The molecule has 0 aliphatic heterocycles. The number of hydrogen-bond acceptors (Lipinski definition) is 5. The van der Waals surface area contributed by atoms with Gasteiger partial charge in [-0.1, -0.05) is 0 Å². The number of benzene rings is 2. The van der Waals surface area contributed by atoms with Gasteiger partial charge in [0.05, 0.1) is 5.69 Å². The number of nitrogens with two attached hydrogens (primary N) is 1. The minimum atomic E-state index is -4.50. The number of primary amides is 1. The maximum atomic E-state index is 13.9. The van der Waals surface area contributed by atoms with Crippen molar-refractivity contribution >= 4 is 27.5 Å². The molecule has 10 heteroatoms. The normalized spacial score (nSPS) is 11.0. The van der Waals surface area contributed by atoms with E-state index in [1.165, 1.54) is 13.1 Å². The number of carbonyl (C=O) groups excluding carboxylic acids is 2. The van der Waals surface area contributed by atoms with Crippen molar-refractivity contribution in [2.24, 2.45) is 5.73 Å². The summed E-state index contributed by atoms with van der Waals surface area (Å²) in [5.41, 5.74) is 4.60. The molecular weight excluding hydrogens is 353 g/mol. The van der Waals surface area contributed by atoms with Crippen molar-refractivity contribution in [1.29, 1.82) is 0 Å². The van der Waals surface area contributed by atoms with Crippen molar-refractivity contribution in [2.75, 3.05) is 11.8 Å². The number of carbonyl (C=O) groups is 2. The van der Waals surface area contributed by atoms with Crippen LogP contribution in [0.1, 0.15) is 20.7 Å². The first-order valence-electron chi connectivity index (χ1n) is 6.83. The second kappa shape index (κ2) is 6.77. The van der Waals surface area contributed by atoms with E-state index < -0.39 is 38.3 Å². The van der Waals surface area contributed by atoms with E-state index in [-0.39, 0.29) is 16.8 Å². The third-order valence-electron chi connectivity index (χ3n) is 3.24. The Balaban J connectivity index is 2.48. The monoisotopic (exact) mass is 367 g/mol. The molecule has 2 rings (SSSR count). The first-order chi connectivity index (χ1) is 11.7. The number of phenols is 1. The van der Waals surface area contributed by atoms with Gasteiger partial charge in [-0.3, -0.25) is 14.3 Å². The SMILES string of the molecule is CNC(=O)c1ccc(O)c(NS(=O)(=O)c2cc(C(N)=O)ccc2F)c1. The van der Waals surface area contributed by atoms with Crippen molar-refractivity contribution < 1.29 is 27.5 Å². The number of sulfonamides is 1. The lowest BCUT2D eigenvalue weighted by atomic mass is 10.2. The smallest absolute Gasteiger partial charge is 0.264 e. The number of nitrogens with one attached hydrogen (secondary N) is 2. The Morgan fingerprint density at radius 1 is 1.12 bits per heavy atom. The third kappa shape index (κ3) is 3.86. The molecule has 0 saturated heterocycles. The van der Waals surface area contributed by atoms with Gasteiger partial charge in [-0.2, -0.15) is 0 Å². The van der Waals surface area contributed by atoms with Crippen molar-refractivity contribution in [3.8, 4) is 5.75 Å². The van der Waals surface area contributed by atoms with Crippen LogP contribution < -0.4 is 15.8 Å². The van der Waals surface area contributed by atoms with E-state index in [1.807, 2.05) is 4.72 Å². The van der Waals surface area contributed by atoms with Crippen LogP contribution in [0.2, 0.25) is 0 Å². The van der Waals surface area contributed by atoms with Gasteiger partial charge < -0.3 is 16.2 Å². The van der Waals surface area contributed by atoms with E-state index in [4.69, 9.17) is 5.73 Å². The fourth-order valence-corrected chi connectivity index (χ4v) is 3.14. The van der Waals surface area contributed by atoms with Gasteiger partial charge in [-0.15, -0.1) is 0 Å². The highest BCUT2D eigenvalue weighted by molar-refractivity contribution is 7.92. The summed E-state index contributed by atoms with van der Waals surface area (Å²) in [5, 5.41) is 12.1. The molecular formula is C15H14FN3O5S. The van der Waals surface area contributed by atoms with Crippen molar-refractivity contribution in [3.63, 3.8) is 0 Å². The first kappa shape index (κ1) is 18.2. The molecule has 5 N–H and O–H groups in total. The highest BCUT2D eigenvalue weighted by Crippen LogP contribution is 2.28. The Hall–Kier alpha value is -3.14. The first-order valence-corrected chi connectivity index (χ1v) is 8.31. The van der Waals surface area contributed by atoms with Crippen LogP contribution in [0.25, 0.3) is 0 Å². The van der Waals surface area contributed by atoms with Gasteiger partial charge in [0.15, 0.2) is 0 Å². The highest BCUT2D eigenvalue weighted by Gasteiger charge is 2.22. The molecule has 0 radical (unpaired) electrons. The van der Waals surface area contributed by atoms with Crippen LogP contribution in [0.3, 0.4) is 0 Å². The summed E-state index contributed by atoms with van der Waals surface area (Å²) >= 11 is 0. The average molecular weight is 367 g/mol. The van der Waals surface area contributed by atoms with Gasteiger partial charge in [0, 0.05) is 18.2 Å². The lowest BCUT2D eigenvalue weighted by Gasteiger charge is -2.12. The summed E-state index contributed by atoms with van der Waals surface area (Å²) in [6, 6.07) is 6.08. The molecule has 0 aromatic heterocycles. The minimum absolute atomic E-state index is 0.0735. The lowest BCUT2D eigenvalue weighted by Crippen LogP contribution is -2.19. The fourth-order valence-electron chi connectivity index (χ4n) is 1.97. The topological polar surface area (TPSA) is 139 Å². The zero-order valence-corrected chi connectivity index (χ0v) is 13.7. The number of aromatic hydroxyl groups is 1. The number of phenolic OH excluding ortho intramolecular Hbond substituents is 1. The maximum Gasteiger partial charge on any atom is 0.264 e. The highest BCUT2D eigenvalue weighted by atomic mass is 32.2. The van der Waals surface area contributed by atoms with Crippen LogP contribution in [0.4, 0.5) is 10.1 Å². The molecule has 0 heterocycles. The van der Waals surface area contributed by atoms with E-state index in [0.29, 0.717) is 0 Å². The molecule has 2 aromatic carbocycles. The molecule has 0 aliphatic rings. The molecule has 0 aliphatic carbocycles. The van der Waals surface area contributed by atoms with Crippen LogP contribution >= 0.6 is 0 Å². The Labute approximate surface area is 142 Å². The van der Waals surface area contributed by atoms with Gasteiger partial charge in [-0.25, -0.2) is 12.8 Å². The van der Waals surface area contributed by atoms with Gasteiger partial charge in [-0.05, 0) is 36.4 Å². The summed E-state index contributed by atoms with van der Waals surface area (Å²) in [5.74, 6) is -3.02. The molecule has 8 nitrogen and oxygen atoms in total. The molecule has 0 unspecified atom stereocenters. The predicted octanol–water partition coefficient (Wildman–Crippen LogP) is 0.791. The molecule has 2 aromatic rings. The lowest BCUT2D eigenvalue weighted by molar-refractivity contribution is 0.0961. The van der Waals surface area contributed by atoms with E-state index in [9.17, 15) is 27.5 Å². The largest absolute Gasteiger partial charge is 0.506 e. The van der Waals surface area contributed by atoms with E-state index in [2.05, 4.69) is 5.32 Å². The van der Waals surface area contributed by atoms with E-state index in [1.54, 1.807) is 0 Å². The standard InChI is InChI=1S/C15H14FN3O5S/c1-18-15(22)9-3-5-12(20)11(6-9)19-25(23,24)13-7-8(14(17)21)2-4-10(13)16/h2-7,19-20H,1H3,(H2,17,21)(H,18,22). The Morgan fingerprint density at radius 3 is 2.36 bits per heavy atom. The zero-order chi connectivity index (χ0) is 18.8. The number of amides is 2. The van der Waals surface area contributed by atoms with Crippen LogP contribution in [0.5, 0.6) is 5.75 Å². The van der Waals surface area contributed by atoms with Gasteiger partial charge in [0.1, 0.15) is 16.5 Å². The van der Waals surface area contributed by atoms with Crippen molar-refractivity contribution in [1.82, 2.24) is 5.32 Å². The molecule has 0 atom stereocenters. The Morgan fingerprint density at radius 2 is 1.76 bits per heavy atom. The molecule has 25 heavy (non-hydrogen) atoms. The Bertz CT molecular complexity index is 960. The molecule has 2 amide bonds. The summed E-state index contributed by atoms with van der Waals surface area (Å²) in [4.78, 5) is 21.9. The number of rotatable bonds is 5. The van der Waals surface area contributed by atoms with Gasteiger partial charge in [0.2, 0.25) is 5.91 Å². The van der Waals surface area contributed by atoms with Crippen LogP contribution in [0, 0.1) is 5.82 Å². The molecule has 0 saturated carbocycles. The Kier molecular flexibility index (Phi) is 4.93. The quantitative estimate of drug-likeness (QED) is 0.579. The molecule has 0 bridgehead atoms. The predicted molar refractivity (Wildman–Crippen MR) is 87.2 cm³/mol. The average Bonchev–Trinajstić information content (AvgIpc) is 2.55. The van der Waals surface area contributed by atoms with Gasteiger partial charge in [0.25, 0.3) is 15.9 Å². The fraction of sp³-hybridized carbons (Fsp3) is 0.0667. The zero-order valence-electron chi connectivity index (χ0n) is 12.9. The summed E-state index contributed by atoms with van der Waals surface area (Å²) < 4.78 is 40.6. The maximum absolute atomic E-state index is 13.9. The molecule has 132 valence electrons. The summed E-state index contributed by atoms with van der Waals surface area (Å²) in [6.07, 6.45) is 0. The van der Waals surface area contributed by atoms with Crippen LogP contribution in [-0.2, 0) is 10.0 Å². The summed E-state index contributed by atoms with van der Waals surface area (Å²) in [7, 11) is -3.12. The summed E-state index contributed by atoms with van der Waals surface area (Å²) in [6.45, 7) is 0. The molecule has 0 fully saturated rings. The second-order valence-corrected chi connectivity index (χ2v) is 6.58. The minimum Gasteiger partial charge on any atom is -0.506 e. The van der Waals surface area contributed by atoms with Gasteiger partial charge >= 0.3 is 0 Å². The number of anilines is 1. The molecule has 0 spiro atoms. The second-order valence-electron chi connectivity index (χ2n) is 4.93. The van der Waals surface area contributed by atoms with Crippen molar-refractivity contribution in [3.05, 3.63) is 53.3 Å². The van der Waals surface area contributed by atoms with Crippen molar-refractivity contribution in [2.45, 2.75) is 4.90 Å². The van der Waals surface area contributed by atoms with E-state index in [0.717, 1.165) is 30.3 Å². The van der Waals surface area contributed by atoms with E-state index >= 15 is 0 Å².